The quantitative estimate of drug-likeness (QED) is 0.655. The highest BCUT2D eigenvalue weighted by Gasteiger charge is 2.22. The van der Waals surface area contributed by atoms with Crippen LogP contribution in [0.3, 0.4) is 0 Å². The van der Waals surface area contributed by atoms with Crippen LogP contribution in [0.4, 0.5) is 0 Å². The number of nitrogens with zero attached hydrogens (tertiary/aromatic N) is 5. The van der Waals surface area contributed by atoms with Crippen molar-refractivity contribution in [2.45, 2.75) is 38.3 Å². The van der Waals surface area contributed by atoms with Crippen LogP contribution in [-0.2, 0) is 6.54 Å². The highest BCUT2D eigenvalue weighted by atomic mass is 16.1. The van der Waals surface area contributed by atoms with E-state index in [0.29, 0.717) is 18.7 Å². The van der Waals surface area contributed by atoms with Crippen molar-refractivity contribution >= 4 is 5.91 Å². The van der Waals surface area contributed by atoms with E-state index in [2.05, 4.69) is 50.0 Å². The average molecular weight is 405 g/mol. The van der Waals surface area contributed by atoms with Crippen molar-refractivity contribution in [1.29, 1.82) is 0 Å². The fraction of sp³-hybridized carbons (Fsp3) is 0.391. The third-order valence-electron chi connectivity index (χ3n) is 5.67. The van der Waals surface area contributed by atoms with Crippen molar-refractivity contribution in [2.75, 3.05) is 19.6 Å². The molecule has 2 heterocycles. The fourth-order valence-electron chi connectivity index (χ4n) is 4.03. The maximum Gasteiger partial charge on any atom is 0.251 e. The van der Waals surface area contributed by atoms with Crippen LogP contribution in [0.2, 0.25) is 0 Å². The van der Waals surface area contributed by atoms with Crippen molar-refractivity contribution < 1.29 is 4.79 Å². The molecule has 3 aromatic rings. The van der Waals surface area contributed by atoms with Crippen LogP contribution in [0.1, 0.15) is 53.2 Å². The van der Waals surface area contributed by atoms with Gasteiger partial charge < -0.3 is 5.32 Å². The van der Waals surface area contributed by atoms with Crippen molar-refractivity contribution in [3.8, 4) is 0 Å². The van der Waals surface area contributed by atoms with Gasteiger partial charge in [0.05, 0.1) is 12.6 Å². The van der Waals surface area contributed by atoms with Gasteiger partial charge in [0.2, 0.25) is 0 Å². The molecule has 4 rings (SSSR count). The lowest BCUT2D eigenvalue weighted by Crippen LogP contribution is -2.38. The summed E-state index contributed by atoms with van der Waals surface area (Å²) in [6, 6.07) is 18.3. The summed E-state index contributed by atoms with van der Waals surface area (Å²) in [5, 5.41) is 14.3. The average Bonchev–Trinajstić information content (AvgIpc) is 3.15. The van der Waals surface area contributed by atoms with Crippen molar-refractivity contribution in [1.82, 2.24) is 30.4 Å². The number of carbonyl (C=O) groups is 1. The lowest BCUT2D eigenvalue weighted by atomic mass is 10.0. The van der Waals surface area contributed by atoms with Crippen molar-refractivity contribution in [2.24, 2.45) is 0 Å². The third kappa shape index (κ3) is 5.30. The summed E-state index contributed by atoms with van der Waals surface area (Å²) >= 11 is 0. The van der Waals surface area contributed by atoms with Gasteiger partial charge in [-0.1, -0.05) is 55.3 Å². The summed E-state index contributed by atoms with van der Waals surface area (Å²) in [5.41, 5.74) is 2.97. The number of likely N-dealkylation sites (tertiary alicyclic amines) is 1. The Balaban J connectivity index is 1.40. The van der Waals surface area contributed by atoms with E-state index in [1.165, 1.54) is 31.2 Å². The van der Waals surface area contributed by atoms with E-state index < -0.39 is 0 Å². The van der Waals surface area contributed by atoms with Gasteiger partial charge in [-0.3, -0.25) is 9.69 Å². The molecule has 7 nitrogen and oxygen atoms in total. The first kappa shape index (κ1) is 20.2. The molecule has 1 amide bonds. The number of hydrogen-bond donors (Lipinski definition) is 1. The molecule has 7 heteroatoms. The molecule has 30 heavy (non-hydrogen) atoms. The van der Waals surface area contributed by atoms with E-state index in [1.54, 1.807) is 11.0 Å². The van der Waals surface area contributed by atoms with Crippen molar-refractivity contribution in [3.05, 3.63) is 77.6 Å². The smallest absolute Gasteiger partial charge is 0.251 e. The molecule has 0 spiro atoms. The standard InChI is InChI=1S/C23H28N6O/c30-23(21-12-10-19(11-13-21)17-29-18-25-26-27-29)24-16-22(20-8-4-3-5-9-20)28-14-6-1-2-7-15-28/h3-5,8-13,18,22H,1-2,6-7,14-17H2,(H,24,30). The number of amides is 1. The summed E-state index contributed by atoms with van der Waals surface area (Å²) < 4.78 is 1.65. The second-order valence-corrected chi connectivity index (χ2v) is 7.79. The molecule has 1 fully saturated rings. The molecule has 1 atom stereocenters. The minimum absolute atomic E-state index is 0.0419. The second-order valence-electron chi connectivity index (χ2n) is 7.79. The lowest BCUT2D eigenvalue weighted by Gasteiger charge is -2.31. The molecule has 156 valence electrons. The minimum atomic E-state index is -0.0419. The largest absolute Gasteiger partial charge is 0.350 e. The summed E-state index contributed by atoms with van der Waals surface area (Å²) in [6.07, 6.45) is 6.61. The number of tetrazole rings is 1. The fourth-order valence-corrected chi connectivity index (χ4v) is 4.03. The first-order valence-corrected chi connectivity index (χ1v) is 10.7. The topological polar surface area (TPSA) is 75.9 Å². The van der Waals surface area contributed by atoms with Gasteiger partial charge in [0.1, 0.15) is 6.33 Å². The van der Waals surface area contributed by atoms with E-state index in [4.69, 9.17) is 0 Å². The van der Waals surface area contributed by atoms with Crippen LogP contribution in [0.5, 0.6) is 0 Å². The van der Waals surface area contributed by atoms with Crippen LogP contribution in [-0.4, -0.2) is 50.6 Å². The van der Waals surface area contributed by atoms with Gasteiger partial charge in [-0.25, -0.2) is 4.68 Å². The molecule has 2 aromatic carbocycles. The number of carbonyl (C=O) groups excluding carboxylic acids is 1. The Kier molecular flexibility index (Phi) is 6.82. The molecular formula is C23H28N6O. The number of nitrogens with one attached hydrogen (secondary N) is 1. The Morgan fingerprint density at radius 3 is 2.37 bits per heavy atom. The van der Waals surface area contributed by atoms with Gasteiger partial charge in [0.15, 0.2) is 0 Å². The Labute approximate surface area is 177 Å². The van der Waals surface area contributed by atoms with E-state index in [9.17, 15) is 4.79 Å². The second kappa shape index (κ2) is 10.1. The van der Waals surface area contributed by atoms with Crippen LogP contribution >= 0.6 is 0 Å². The molecular weight excluding hydrogens is 376 g/mol. The highest BCUT2D eigenvalue weighted by molar-refractivity contribution is 5.94. The SMILES string of the molecule is O=C(NCC(c1ccccc1)N1CCCCCC1)c1ccc(Cn2cnnn2)cc1. The molecule has 1 N–H and O–H groups in total. The first-order chi connectivity index (χ1) is 14.8. The van der Waals surface area contributed by atoms with Crippen LogP contribution in [0.25, 0.3) is 0 Å². The molecule has 0 bridgehead atoms. The molecule has 1 aliphatic rings. The van der Waals surface area contributed by atoms with E-state index in [1.807, 2.05) is 30.3 Å². The number of hydrogen-bond acceptors (Lipinski definition) is 5. The van der Waals surface area contributed by atoms with Crippen LogP contribution in [0.15, 0.2) is 60.9 Å². The maximum atomic E-state index is 12.8. The predicted molar refractivity (Wildman–Crippen MR) is 115 cm³/mol. The molecule has 1 saturated heterocycles. The van der Waals surface area contributed by atoms with E-state index in [-0.39, 0.29) is 11.9 Å². The highest BCUT2D eigenvalue weighted by Crippen LogP contribution is 2.24. The Hall–Kier alpha value is -3.06. The predicted octanol–water partition coefficient (Wildman–Crippen LogP) is 3.07. The number of benzene rings is 2. The summed E-state index contributed by atoms with van der Waals surface area (Å²) in [6.45, 7) is 3.36. The van der Waals surface area contributed by atoms with Crippen LogP contribution in [0, 0.1) is 0 Å². The monoisotopic (exact) mass is 404 g/mol. The third-order valence-corrected chi connectivity index (χ3v) is 5.67. The zero-order chi connectivity index (χ0) is 20.6. The van der Waals surface area contributed by atoms with Crippen molar-refractivity contribution in [3.63, 3.8) is 0 Å². The molecule has 1 aliphatic heterocycles. The summed E-state index contributed by atoms with van der Waals surface area (Å²) in [5.74, 6) is -0.0419. The first-order valence-electron chi connectivity index (χ1n) is 10.7. The molecule has 1 aromatic heterocycles. The minimum Gasteiger partial charge on any atom is -0.350 e. The van der Waals surface area contributed by atoms with Gasteiger partial charge in [-0.15, -0.1) is 5.10 Å². The number of aromatic nitrogens is 4. The normalized spacial score (nSPS) is 16.0. The zero-order valence-corrected chi connectivity index (χ0v) is 17.2. The molecule has 0 aliphatic carbocycles. The lowest BCUT2D eigenvalue weighted by molar-refractivity contribution is 0.0933. The van der Waals surface area contributed by atoms with E-state index in [0.717, 1.165) is 18.7 Å². The van der Waals surface area contributed by atoms with Gasteiger partial charge in [-0.05, 0) is 59.6 Å². The van der Waals surface area contributed by atoms with Gasteiger partial charge in [0.25, 0.3) is 5.91 Å². The van der Waals surface area contributed by atoms with E-state index >= 15 is 0 Å². The summed E-state index contributed by atoms with van der Waals surface area (Å²) in [4.78, 5) is 15.3. The Bertz CT molecular complexity index is 903. The van der Waals surface area contributed by atoms with Crippen LogP contribution < -0.4 is 5.32 Å². The summed E-state index contributed by atoms with van der Waals surface area (Å²) in [7, 11) is 0. The molecule has 0 radical (unpaired) electrons. The Morgan fingerprint density at radius 2 is 1.70 bits per heavy atom. The zero-order valence-electron chi connectivity index (χ0n) is 17.2. The molecule has 0 saturated carbocycles. The maximum absolute atomic E-state index is 12.8. The Morgan fingerprint density at radius 1 is 0.967 bits per heavy atom. The van der Waals surface area contributed by atoms with Gasteiger partial charge in [0, 0.05) is 12.1 Å². The molecule has 1 unspecified atom stereocenters. The van der Waals surface area contributed by atoms with Gasteiger partial charge >= 0.3 is 0 Å². The van der Waals surface area contributed by atoms with Gasteiger partial charge in [-0.2, -0.15) is 0 Å². The number of rotatable bonds is 7.